The molecule has 0 bridgehead atoms. The van der Waals surface area contributed by atoms with Gasteiger partial charge in [0.05, 0.1) is 11.7 Å². The molecule has 0 aliphatic heterocycles. The molecule has 0 saturated heterocycles. The predicted molar refractivity (Wildman–Crippen MR) is 69.0 cm³/mol. The number of aromatic nitrogens is 1. The van der Waals surface area contributed by atoms with Gasteiger partial charge in [-0.15, -0.1) is 23.2 Å². The zero-order valence-corrected chi connectivity index (χ0v) is 12.0. The molecular formula is C10H13Cl2FN2O2S. The Hall–Kier alpha value is -0.430. The molecule has 0 saturated carbocycles. The minimum Gasteiger partial charge on any atom is -0.260 e. The van der Waals surface area contributed by atoms with Crippen LogP contribution in [0.5, 0.6) is 0 Å². The van der Waals surface area contributed by atoms with E-state index in [1.165, 1.54) is 0 Å². The molecule has 0 atom stereocenters. The Morgan fingerprint density at radius 2 is 2.00 bits per heavy atom. The maximum absolute atomic E-state index is 13.0. The second-order valence-electron chi connectivity index (χ2n) is 3.85. The second kappa shape index (κ2) is 6.14. The van der Waals surface area contributed by atoms with Gasteiger partial charge in [0.25, 0.3) is 0 Å². The van der Waals surface area contributed by atoms with Gasteiger partial charge in [0.1, 0.15) is 10.7 Å². The molecule has 1 heterocycles. The van der Waals surface area contributed by atoms with Gasteiger partial charge in [-0.2, -0.15) is 0 Å². The number of alkyl halides is 2. The van der Waals surface area contributed by atoms with Crippen molar-refractivity contribution in [3.8, 4) is 0 Å². The van der Waals surface area contributed by atoms with E-state index in [0.717, 1.165) is 18.5 Å². The smallest absolute Gasteiger partial charge is 0.242 e. The van der Waals surface area contributed by atoms with E-state index >= 15 is 0 Å². The zero-order chi connectivity index (χ0) is 13.8. The normalized spacial score (nSPS) is 12.7. The standard InChI is InChI=1S/C10H13Cl2FN2O2S/c1-2-10(6-11,7-12)15-18(16,17)9-3-8(13)4-14-5-9/h3-5,15H,2,6-7H2,1H3. The van der Waals surface area contributed by atoms with Crippen LogP contribution in [-0.2, 0) is 10.0 Å². The average molecular weight is 315 g/mol. The molecule has 102 valence electrons. The van der Waals surface area contributed by atoms with Crippen LogP contribution in [0.2, 0.25) is 0 Å². The molecule has 0 unspecified atom stereocenters. The number of sulfonamides is 1. The van der Waals surface area contributed by atoms with Crippen LogP contribution in [-0.4, -0.2) is 30.7 Å². The number of halogens is 3. The highest BCUT2D eigenvalue weighted by molar-refractivity contribution is 7.89. The molecule has 8 heteroatoms. The third-order valence-electron chi connectivity index (χ3n) is 2.53. The molecule has 1 rings (SSSR count). The van der Waals surface area contributed by atoms with Crippen molar-refractivity contribution in [1.29, 1.82) is 0 Å². The first kappa shape index (κ1) is 15.6. The van der Waals surface area contributed by atoms with Gasteiger partial charge >= 0.3 is 0 Å². The van der Waals surface area contributed by atoms with Crippen molar-refractivity contribution in [3.05, 3.63) is 24.3 Å². The van der Waals surface area contributed by atoms with E-state index in [9.17, 15) is 12.8 Å². The van der Waals surface area contributed by atoms with Crippen LogP contribution in [0, 0.1) is 5.82 Å². The van der Waals surface area contributed by atoms with Crippen molar-refractivity contribution >= 4 is 33.2 Å². The van der Waals surface area contributed by atoms with Crippen LogP contribution in [0.3, 0.4) is 0 Å². The van der Waals surface area contributed by atoms with E-state index in [-0.39, 0.29) is 16.7 Å². The summed E-state index contributed by atoms with van der Waals surface area (Å²) in [5.74, 6) is -0.680. The lowest BCUT2D eigenvalue weighted by Gasteiger charge is -2.28. The Balaban J connectivity index is 3.08. The molecular weight excluding hydrogens is 302 g/mol. The fourth-order valence-electron chi connectivity index (χ4n) is 1.23. The number of nitrogens with one attached hydrogen (secondary N) is 1. The average Bonchev–Trinajstić information content (AvgIpc) is 2.36. The summed E-state index contributed by atoms with van der Waals surface area (Å²) in [7, 11) is -3.90. The Kier molecular flexibility index (Phi) is 5.33. The second-order valence-corrected chi connectivity index (χ2v) is 6.06. The summed E-state index contributed by atoms with van der Waals surface area (Å²) in [4.78, 5) is 3.24. The summed E-state index contributed by atoms with van der Waals surface area (Å²) >= 11 is 11.5. The van der Waals surface area contributed by atoms with Gasteiger partial charge in [-0.1, -0.05) is 6.92 Å². The van der Waals surface area contributed by atoms with Crippen molar-refractivity contribution in [1.82, 2.24) is 9.71 Å². The van der Waals surface area contributed by atoms with Crippen LogP contribution in [0.15, 0.2) is 23.4 Å². The summed E-state index contributed by atoms with van der Waals surface area (Å²) in [6, 6.07) is 0.887. The van der Waals surface area contributed by atoms with E-state index in [1.54, 1.807) is 6.92 Å². The summed E-state index contributed by atoms with van der Waals surface area (Å²) in [6.07, 6.45) is 2.41. The third kappa shape index (κ3) is 3.54. The van der Waals surface area contributed by atoms with Crippen molar-refractivity contribution < 1.29 is 12.8 Å². The van der Waals surface area contributed by atoms with Gasteiger partial charge in [-0.05, 0) is 12.5 Å². The fraction of sp³-hybridized carbons (Fsp3) is 0.500. The van der Waals surface area contributed by atoms with Crippen molar-refractivity contribution in [3.63, 3.8) is 0 Å². The zero-order valence-electron chi connectivity index (χ0n) is 9.66. The largest absolute Gasteiger partial charge is 0.260 e. The van der Waals surface area contributed by atoms with Crippen LogP contribution in [0.25, 0.3) is 0 Å². The first-order valence-corrected chi connectivity index (χ1v) is 7.71. The predicted octanol–water partition coefficient (Wildman–Crippen LogP) is 2.13. The summed E-state index contributed by atoms with van der Waals surface area (Å²) in [5.41, 5.74) is -0.950. The van der Waals surface area contributed by atoms with Gasteiger partial charge < -0.3 is 0 Å². The third-order valence-corrected chi connectivity index (χ3v) is 5.10. The van der Waals surface area contributed by atoms with E-state index < -0.39 is 21.4 Å². The molecule has 0 fully saturated rings. The minimum absolute atomic E-state index is 0.0228. The first-order chi connectivity index (χ1) is 8.39. The molecule has 0 spiro atoms. The van der Waals surface area contributed by atoms with Crippen LogP contribution >= 0.6 is 23.2 Å². The van der Waals surface area contributed by atoms with Crippen molar-refractivity contribution in [2.24, 2.45) is 0 Å². The molecule has 4 nitrogen and oxygen atoms in total. The molecule has 0 amide bonds. The Morgan fingerprint density at radius 3 is 2.44 bits per heavy atom. The van der Waals surface area contributed by atoms with Crippen LogP contribution in [0.4, 0.5) is 4.39 Å². The summed E-state index contributed by atoms with van der Waals surface area (Å²) < 4.78 is 39.5. The van der Waals surface area contributed by atoms with E-state index in [4.69, 9.17) is 23.2 Å². The number of pyridine rings is 1. The van der Waals surface area contributed by atoms with Crippen molar-refractivity contribution in [2.45, 2.75) is 23.8 Å². The summed E-state index contributed by atoms with van der Waals surface area (Å²) in [5, 5.41) is 0. The Bertz CT molecular complexity index is 498. The molecule has 1 N–H and O–H groups in total. The maximum atomic E-state index is 13.0. The number of rotatable bonds is 6. The number of hydrogen-bond donors (Lipinski definition) is 1. The Morgan fingerprint density at radius 1 is 1.39 bits per heavy atom. The van der Waals surface area contributed by atoms with Gasteiger partial charge in [-0.3, -0.25) is 4.98 Å². The molecule has 0 aliphatic carbocycles. The fourth-order valence-corrected chi connectivity index (χ4v) is 3.63. The van der Waals surface area contributed by atoms with Crippen LogP contribution < -0.4 is 4.72 Å². The Labute approximate surface area is 116 Å². The monoisotopic (exact) mass is 314 g/mol. The van der Waals surface area contributed by atoms with Crippen LogP contribution in [0.1, 0.15) is 13.3 Å². The first-order valence-electron chi connectivity index (χ1n) is 5.15. The molecule has 0 radical (unpaired) electrons. The number of nitrogens with zero attached hydrogens (tertiary/aromatic N) is 1. The molecule has 1 aromatic rings. The molecule has 0 aromatic carbocycles. The molecule has 1 aromatic heterocycles. The molecule has 18 heavy (non-hydrogen) atoms. The highest BCUT2D eigenvalue weighted by Crippen LogP contribution is 2.19. The van der Waals surface area contributed by atoms with Gasteiger partial charge in [0.15, 0.2) is 0 Å². The highest BCUT2D eigenvalue weighted by atomic mass is 35.5. The van der Waals surface area contributed by atoms with E-state index in [0.29, 0.717) is 6.42 Å². The van der Waals surface area contributed by atoms with E-state index in [2.05, 4.69) is 9.71 Å². The molecule has 0 aliphatic rings. The quantitative estimate of drug-likeness (QED) is 0.818. The topological polar surface area (TPSA) is 59.1 Å². The van der Waals surface area contributed by atoms with Crippen molar-refractivity contribution in [2.75, 3.05) is 11.8 Å². The van der Waals surface area contributed by atoms with Gasteiger partial charge in [0, 0.05) is 18.0 Å². The van der Waals surface area contributed by atoms with Gasteiger partial charge in [0.2, 0.25) is 10.0 Å². The lowest BCUT2D eigenvalue weighted by atomic mass is 10.0. The maximum Gasteiger partial charge on any atom is 0.242 e. The van der Waals surface area contributed by atoms with Gasteiger partial charge in [-0.25, -0.2) is 17.5 Å². The minimum atomic E-state index is -3.90. The SMILES string of the molecule is CCC(CCl)(CCl)NS(=O)(=O)c1cncc(F)c1. The number of hydrogen-bond acceptors (Lipinski definition) is 3. The lowest BCUT2D eigenvalue weighted by molar-refractivity contribution is 0.449. The van der Waals surface area contributed by atoms with E-state index in [1.807, 2.05) is 0 Å². The summed E-state index contributed by atoms with van der Waals surface area (Å²) in [6.45, 7) is 1.76. The lowest BCUT2D eigenvalue weighted by Crippen LogP contribution is -2.51. The highest BCUT2D eigenvalue weighted by Gasteiger charge is 2.32.